The van der Waals surface area contributed by atoms with Crippen LogP contribution in [0.15, 0.2) is 46.0 Å². The highest BCUT2D eigenvalue weighted by Crippen LogP contribution is 2.26. The summed E-state index contributed by atoms with van der Waals surface area (Å²) in [6.07, 6.45) is 1.56. The summed E-state index contributed by atoms with van der Waals surface area (Å²) in [6, 6.07) is 11.1. The molecule has 3 rings (SSSR count). The first-order chi connectivity index (χ1) is 13.6. The Balaban J connectivity index is 1.71. The van der Waals surface area contributed by atoms with E-state index < -0.39 is 0 Å². The molecule has 1 N–H and O–H groups in total. The smallest absolute Gasteiger partial charge is 0.275 e. The average molecular weight is 448 g/mol. The van der Waals surface area contributed by atoms with E-state index >= 15 is 0 Å². The first kappa shape index (κ1) is 20.2. The number of ether oxygens (including phenoxy) is 3. The fourth-order valence-corrected chi connectivity index (χ4v) is 3.26. The van der Waals surface area contributed by atoms with Crippen molar-refractivity contribution in [2.75, 3.05) is 45.4 Å². The first-order valence-corrected chi connectivity index (χ1v) is 9.59. The normalized spacial score (nSPS) is 14.2. The maximum atomic E-state index is 12.4. The second-order valence-corrected chi connectivity index (χ2v) is 6.99. The summed E-state index contributed by atoms with van der Waals surface area (Å²) in [5, 5.41) is 4.06. The molecule has 0 bridgehead atoms. The molecule has 28 heavy (non-hydrogen) atoms. The third-order valence-corrected chi connectivity index (χ3v) is 4.86. The second-order valence-electron chi connectivity index (χ2n) is 6.07. The van der Waals surface area contributed by atoms with Crippen molar-refractivity contribution in [2.24, 2.45) is 5.10 Å². The molecule has 1 saturated heterocycles. The van der Waals surface area contributed by atoms with Gasteiger partial charge in [0.05, 0.1) is 39.2 Å². The predicted octanol–water partition coefficient (Wildman–Crippen LogP) is 3.07. The average Bonchev–Trinajstić information content (AvgIpc) is 2.74. The van der Waals surface area contributed by atoms with Gasteiger partial charge in [-0.25, -0.2) is 5.43 Å². The molecule has 0 radical (unpaired) electrons. The molecule has 1 amide bonds. The number of hydrogen-bond donors (Lipinski definition) is 1. The minimum Gasteiger partial charge on any atom is -0.496 e. The van der Waals surface area contributed by atoms with Gasteiger partial charge in [-0.2, -0.15) is 5.10 Å². The second kappa shape index (κ2) is 9.57. The molecule has 1 aliphatic rings. The van der Waals surface area contributed by atoms with Crippen LogP contribution in [0.5, 0.6) is 11.5 Å². The van der Waals surface area contributed by atoms with Crippen LogP contribution in [-0.4, -0.2) is 52.6 Å². The van der Waals surface area contributed by atoms with E-state index in [9.17, 15) is 4.79 Å². The molecule has 0 saturated carbocycles. The maximum Gasteiger partial charge on any atom is 0.275 e. The Morgan fingerprint density at radius 3 is 2.61 bits per heavy atom. The lowest BCUT2D eigenvalue weighted by Gasteiger charge is -2.29. The Labute approximate surface area is 172 Å². The number of nitrogens with one attached hydrogen (secondary N) is 1. The van der Waals surface area contributed by atoms with Crippen LogP contribution >= 0.6 is 15.9 Å². The number of benzene rings is 2. The van der Waals surface area contributed by atoms with Crippen LogP contribution < -0.4 is 19.8 Å². The number of hydrogen-bond acceptors (Lipinski definition) is 6. The van der Waals surface area contributed by atoms with Crippen molar-refractivity contribution in [1.29, 1.82) is 0 Å². The molecule has 2 aromatic carbocycles. The summed E-state index contributed by atoms with van der Waals surface area (Å²) in [4.78, 5) is 14.7. The van der Waals surface area contributed by atoms with Crippen LogP contribution in [0.2, 0.25) is 0 Å². The third kappa shape index (κ3) is 4.82. The summed E-state index contributed by atoms with van der Waals surface area (Å²) >= 11 is 3.35. The quantitative estimate of drug-likeness (QED) is 0.544. The van der Waals surface area contributed by atoms with Crippen LogP contribution in [0.1, 0.15) is 15.9 Å². The third-order valence-electron chi connectivity index (χ3n) is 4.37. The van der Waals surface area contributed by atoms with Crippen LogP contribution in [0.4, 0.5) is 5.69 Å². The van der Waals surface area contributed by atoms with E-state index in [1.807, 2.05) is 18.2 Å². The molecule has 8 heteroatoms. The lowest BCUT2D eigenvalue weighted by molar-refractivity contribution is 0.0952. The van der Waals surface area contributed by atoms with Crippen molar-refractivity contribution in [1.82, 2.24) is 5.43 Å². The molecule has 1 aliphatic heterocycles. The topological polar surface area (TPSA) is 72.4 Å². The van der Waals surface area contributed by atoms with Gasteiger partial charge in [-0.05, 0) is 30.3 Å². The van der Waals surface area contributed by atoms with Crippen LogP contribution in [0.25, 0.3) is 0 Å². The highest BCUT2D eigenvalue weighted by Gasteiger charge is 2.14. The molecule has 2 aromatic rings. The Kier molecular flexibility index (Phi) is 6.89. The highest BCUT2D eigenvalue weighted by atomic mass is 79.9. The van der Waals surface area contributed by atoms with Gasteiger partial charge in [0.15, 0.2) is 0 Å². The van der Waals surface area contributed by atoms with Crippen LogP contribution in [-0.2, 0) is 4.74 Å². The number of rotatable bonds is 6. The molecule has 0 aromatic heterocycles. The Bertz CT molecular complexity index is 867. The molecule has 0 atom stereocenters. The molecule has 7 nitrogen and oxygen atoms in total. The van der Waals surface area contributed by atoms with E-state index in [0.717, 1.165) is 42.0 Å². The largest absolute Gasteiger partial charge is 0.496 e. The first-order valence-electron chi connectivity index (χ1n) is 8.80. The summed E-state index contributed by atoms with van der Waals surface area (Å²) in [6.45, 7) is 3.13. The van der Waals surface area contributed by atoms with Crippen molar-refractivity contribution in [3.05, 3.63) is 52.0 Å². The number of halogens is 1. The van der Waals surface area contributed by atoms with E-state index in [1.54, 1.807) is 31.5 Å². The number of morpholine rings is 1. The number of nitrogens with zero attached hydrogens (tertiary/aromatic N) is 2. The Morgan fingerprint density at radius 1 is 1.14 bits per heavy atom. The monoisotopic (exact) mass is 447 g/mol. The van der Waals surface area contributed by atoms with Gasteiger partial charge < -0.3 is 19.1 Å². The van der Waals surface area contributed by atoms with E-state index in [-0.39, 0.29) is 5.91 Å². The van der Waals surface area contributed by atoms with Gasteiger partial charge in [-0.3, -0.25) is 4.79 Å². The van der Waals surface area contributed by atoms with E-state index in [4.69, 9.17) is 14.2 Å². The van der Waals surface area contributed by atoms with Crippen LogP contribution in [0, 0.1) is 0 Å². The van der Waals surface area contributed by atoms with Crippen molar-refractivity contribution in [3.63, 3.8) is 0 Å². The predicted molar refractivity (Wildman–Crippen MR) is 112 cm³/mol. The van der Waals surface area contributed by atoms with Crippen molar-refractivity contribution < 1.29 is 19.0 Å². The van der Waals surface area contributed by atoms with Crippen LogP contribution in [0.3, 0.4) is 0 Å². The summed E-state index contributed by atoms with van der Waals surface area (Å²) in [5.74, 6) is 0.795. The zero-order valence-electron chi connectivity index (χ0n) is 15.8. The number of anilines is 1. The van der Waals surface area contributed by atoms with Gasteiger partial charge in [0.2, 0.25) is 0 Å². The number of carbonyl (C=O) groups excluding carboxylic acids is 1. The van der Waals surface area contributed by atoms with Gasteiger partial charge in [0, 0.05) is 34.9 Å². The lowest BCUT2D eigenvalue weighted by atomic mass is 10.1. The molecule has 0 aliphatic carbocycles. The number of carbonyl (C=O) groups is 1. The fraction of sp³-hybridized carbons (Fsp3) is 0.300. The molecule has 0 unspecified atom stereocenters. The minimum atomic E-state index is -0.363. The highest BCUT2D eigenvalue weighted by molar-refractivity contribution is 9.10. The maximum absolute atomic E-state index is 12.4. The number of hydrazone groups is 1. The molecule has 0 spiro atoms. The van der Waals surface area contributed by atoms with E-state index in [1.165, 1.54) is 7.11 Å². The van der Waals surface area contributed by atoms with E-state index in [0.29, 0.717) is 17.1 Å². The Morgan fingerprint density at radius 2 is 1.89 bits per heavy atom. The molecular formula is C20H22BrN3O4. The molecule has 148 valence electrons. The lowest BCUT2D eigenvalue weighted by Crippen LogP contribution is -2.36. The van der Waals surface area contributed by atoms with Gasteiger partial charge >= 0.3 is 0 Å². The zero-order chi connectivity index (χ0) is 19.9. The number of methoxy groups -OCH3 is 2. The summed E-state index contributed by atoms with van der Waals surface area (Å²) in [7, 11) is 3.13. The van der Waals surface area contributed by atoms with E-state index in [2.05, 4.69) is 31.4 Å². The summed E-state index contributed by atoms with van der Waals surface area (Å²) in [5.41, 5.74) is 4.75. The van der Waals surface area contributed by atoms with Crippen molar-refractivity contribution in [2.45, 2.75) is 0 Å². The molecule has 1 fully saturated rings. The van der Waals surface area contributed by atoms with Gasteiger partial charge in [0.1, 0.15) is 11.5 Å². The SMILES string of the molecule is COc1cc(N2CCOCC2)ccc1/C=N\NC(=O)c1cc(Br)ccc1OC. The standard InChI is InChI=1S/C20H22BrN3O4/c1-26-18-6-4-15(21)11-17(18)20(25)23-22-13-14-3-5-16(12-19(14)27-2)24-7-9-28-10-8-24/h3-6,11-13H,7-10H2,1-2H3,(H,23,25)/b22-13-. The Hall–Kier alpha value is -2.58. The van der Waals surface area contributed by atoms with Gasteiger partial charge in [0.25, 0.3) is 5.91 Å². The molecular weight excluding hydrogens is 426 g/mol. The molecule has 1 heterocycles. The minimum absolute atomic E-state index is 0.363. The zero-order valence-corrected chi connectivity index (χ0v) is 17.4. The van der Waals surface area contributed by atoms with Gasteiger partial charge in [-0.15, -0.1) is 0 Å². The number of amides is 1. The van der Waals surface area contributed by atoms with Crippen molar-refractivity contribution >= 4 is 33.7 Å². The van der Waals surface area contributed by atoms with Gasteiger partial charge in [-0.1, -0.05) is 15.9 Å². The summed E-state index contributed by atoms with van der Waals surface area (Å²) < 4.78 is 16.9. The fourth-order valence-electron chi connectivity index (χ4n) is 2.90. The van der Waals surface area contributed by atoms with Crippen molar-refractivity contribution in [3.8, 4) is 11.5 Å².